The van der Waals surface area contributed by atoms with Crippen molar-refractivity contribution in [1.82, 2.24) is 15.0 Å². The van der Waals surface area contributed by atoms with Gasteiger partial charge in [-0.3, -0.25) is 4.90 Å². The van der Waals surface area contributed by atoms with Gasteiger partial charge in [0.2, 0.25) is 11.7 Å². The standard InChI is InChI=1S/C15H19ClN4O.ClH/c1-10(17)12-6-7-20(8-12)9-14-18-15(19-21-14)11-2-4-13(16)5-3-11;/h2-5,10,12H,6-9,17H2,1H3;1H. The van der Waals surface area contributed by atoms with Gasteiger partial charge in [0.15, 0.2) is 0 Å². The van der Waals surface area contributed by atoms with Gasteiger partial charge >= 0.3 is 0 Å². The number of halogens is 2. The van der Waals surface area contributed by atoms with E-state index in [2.05, 4.69) is 22.0 Å². The van der Waals surface area contributed by atoms with Crippen molar-refractivity contribution >= 4 is 24.0 Å². The van der Waals surface area contributed by atoms with Crippen molar-refractivity contribution in [2.75, 3.05) is 13.1 Å². The number of likely N-dealkylation sites (tertiary alicyclic amines) is 1. The van der Waals surface area contributed by atoms with E-state index in [-0.39, 0.29) is 18.4 Å². The van der Waals surface area contributed by atoms with Crippen molar-refractivity contribution in [3.8, 4) is 11.4 Å². The zero-order valence-electron chi connectivity index (χ0n) is 12.4. The molecule has 1 aliphatic heterocycles. The van der Waals surface area contributed by atoms with Crippen LogP contribution in [0.25, 0.3) is 11.4 Å². The highest BCUT2D eigenvalue weighted by molar-refractivity contribution is 6.30. The van der Waals surface area contributed by atoms with E-state index in [4.69, 9.17) is 21.9 Å². The van der Waals surface area contributed by atoms with E-state index in [1.54, 1.807) is 0 Å². The first kappa shape index (κ1) is 17.2. The molecule has 2 N–H and O–H groups in total. The monoisotopic (exact) mass is 342 g/mol. The van der Waals surface area contributed by atoms with E-state index in [1.807, 2.05) is 24.3 Å². The minimum Gasteiger partial charge on any atom is -0.338 e. The molecule has 0 spiro atoms. The fourth-order valence-corrected chi connectivity index (χ4v) is 2.79. The molecule has 120 valence electrons. The van der Waals surface area contributed by atoms with Crippen molar-refractivity contribution in [1.29, 1.82) is 0 Å². The molecule has 0 saturated carbocycles. The molecule has 0 amide bonds. The van der Waals surface area contributed by atoms with Crippen LogP contribution in [0.1, 0.15) is 19.2 Å². The molecule has 2 aromatic rings. The third-order valence-electron chi connectivity index (χ3n) is 3.98. The number of hydrogen-bond donors (Lipinski definition) is 1. The van der Waals surface area contributed by atoms with E-state index in [1.165, 1.54) is 0 Å². The largest absolute Gasteiger partial charge is 0.338 e. The van der Waals surface area contributed by atoms with Gasteiger partial charge in [0.1, 0.15) is 0 Å². The Morgan fingerprint density at radius 1 is 1.41 bits per heavy atom. The molecule has 1 aromatic heterocycles. The summed E-state index contributed by atoms with van der Waals surface area (Å²) in [6.45, 7) is 4.78. The molecule has 1 saturated heterocycles. The number of nitrogens with two attached hydrogens (primary N) is 1. The van der Waals surface area contributed by atoms with Gasteiger partial charge < -0.3 is 10.3 Å². The molecule has 5 nitrogen and oxygen atoms in total. The first-order valence-electron chi connectivity index (χ1n) is 7.18. The lowest BCUT2D eigenvalue weighted by molar-refractivity contribution is 0.257. The number of hydrogen-bond acceptors (Lipinski definition) is 5. The molecular formula is C15H20Cl2N4O. The zero-order valence-corrected chi connectivity index (χ0v) is 14.0. The number of nitrogens with zero attached hydrogens (tertiary/aromatic N) is 3. The molecule has 2 heterocycles. The average molecular weight is 343 g/mol. The lowest BCUT2D eigenvalue weighted by Gasteiger charge is -2.15. The van der Waals surface area contributed by atoms with Crippen molar-refractivity contribution in [3.63, 3.8) is 0 Å². The Kier molecular flexibility index (Phi) is 5.81. The topological polar surface area (TPSA) is 68.2 Å². The van der Waals surface area contributed by atoms with Gasteiger partial charge in [0.25, 0.3) is 0 Å². The molecule has 0 aliphatic carbocycles. The summed E-state index contributed by atoms with van der Waals surface area (Å²) in [5, 5.41) is 4.73. The summed E-state index contributed by atoms with van der Waals surface area (Å²) in [6.07, 6.45) is 1.13. The minimum absolute atomic E-state index is 0. The van der Waals surface area contributed by atoms with E-state index < -0.39 is 0 Å². The maximum absolute atomic E-state index is 5.96. The number of benzene rings is 1. The van der Waals surface area contributed by atoms with Crippen molar-refractivity contribution in [2.24, 2.45) is 11.7 Å². The Labute approximate surface area is 141 Å². The Balaban J connectivity index is 0.00000176. The summed E-state index contributed by atoms with van der Waals surface area (Å²) in [7, 11) is 0. The summed E-state index contributed by atoms with van der Waals surface area (Å²) in [6, 6.07) is 7.65. The predicted molar refractivity (Wildman–Crippen MR) is 89.0 cm³/mol. The molecule has 2 unspecified atom stereocenters. The van der Waals surface area contributed by atoms with Gasteiger partial charge in [-0.25, -0.2) is 0 Å². The van der Waals surface area contributed by atoms with Crippen LogP contribution in [0.3, 0.4) is 0 Å². The van der Waals surface area contributed by atoms with Gasteiger partial charge in [-0.15, -0.1) is 12.4 Å². The molecule has 0 radical (unpaired) electrons. The van der Waals surface area contributed by atoms with Gasteiger partial charge in [0, 0.05) is 23.2 Å². The third-order valence-corrected chi connectivity index (χ3v) is 4.23. The fraction of sp³-hybridized carbons (Fsp3) is 0.467. The predicted octanol–water partition coefficient (Wildman–Crippen LogP) is 2.98. The van der Waals surface area contributed by atoms with E-state index in [0.717, 1.165) is 25.1 Å². The van der Waals surface area contributed by atoms with Crippen LogP contribution < -0.4 is 5.73 Å². The Hall–Kier alpha value is -1.14. The third kappa shape index (κ3) is 3.98. The van der Waals surface area contributed by atoms with Gasteiger partial charge in [-0.2, -0.15) is 4.98 Å². The molecule has 22 heavy (non-hydrogen) atoms. The molecule has 1 aromatic carbocycles. The van der Waals surface area contributed by atoms with Gasteiger partial charge in [-0.05, 0) is 50.1 Å². The van der Waals surface area contributed by atoms with Gasteiger partial charge in [0.05, 0.1) is 6.54 Å². The normalized spacial score (nSPS) is 19.9. The summed E-state index contributed by atoms with van der Waals surface area (Å²) in [5.41, 5.74) is 6.86. The minimum atomic E-state index is 0. The molecular weight excluding hydrogens is 323 g/mol. The molecule has 1 aliphatic rings. The van der Waals surface area contributed by atoms with Crippen LogP contribution >= 0.6 is 24.0 Å². The molecule has 0 bridgehead atoms. The lowest BCUT2D eigenvalue weighted by atomic mass is 10.0. The lowest BCUT2D eigenvalue weighted by Crippen LogP contribution is -2.29. The second kappa shape index (κ2) is 7.42. The fourth-order valence-electron chi connectivity index (χ4n) is 2.66. The van der Waals surface area contributed by atoms with Crippen LogP contribution in [0, 0.1) is 5.92 Å². The highest BCUT2D eigenvalue weighted by Gasteiger charge is 2.26. The summed E-state index contributed by atoms with van der Waals surface area (Å²) in [4.78, 5) is 6.76. The van der Waals surface area contributed by atoms with E-state index in [0.29, 0.717) is 29.2 Å². The molecule has 7 heteroatoms. The van der Waals surface area contributed by atoms with Crippen LogP contribution in [0.5, 0.6) is 0 Å². The maximum atomic E-state index is 5.96. The first-order valence-corrected chi connectivity index (χ1v) is 7.56. The Morgan fingerprint density at radius 2 is 2.14 bits per heavy atom. The van der Waals surface area contributed by atoms with E-state index >= 15 is 0 Å². The average Bonchev–Trinajstić information content (AvgIpc) is 3.10. The van der Waals surface area contributed by atoms with Crippen molar-refractivity contribution in [2.45, 2.75) is 25.9 Å². The van der Waals surface area contributed by atoms with Crippen LogP contribution in [0.4, 0.5) is 0 Å². The van der Waals surface area contributed by atoms with Crippen molar-refractivity contribution in [3.05, 3.63) is 35.2 Å². The number of rotatable bonds is 4. The second-order valence-corrected chi connectivity index (χ2v) is 6.10. The van der Waals surface area contributed by atoms with Crippen LogP contribution in [0.2, 0.25) is 5.02 Å². The summed E-state index contributed by atoms with van der Waals surface area (Å²) < 4.78 is 5.34. The maximum Gasteiger partial charge on any atom is 0.241 e. The quantitative estimate of drug-likeness (QED) is 0.924. The van der Waals surface area contributed by atoms with Crippen LogP contribution in [-0.4, -0.2) is 34.2 Å². The Morgan fingerprint density at radius 3 is 2.77 bits per heavy atom. The van der Waals surface area contributed by atoms with Crippen LogP contribution in [-0.2, 0) is 6.54 Å². The molecule has 1 fully saturated rings. The number of aromatic nitrogens is 2. The molecule has 3 rings (SSSR count). The second-order valence-electron chi connectivity index (χ2n) is 5.66. The summed E-state index contributed by atoms with van der Waals surface area (Å²) >= 11 is 5.88. The van der Waals surface area contributed by atoms with Gasteiger partial charge in [-0.1, -0.05) is 16.8 Å². The summed E-state index contributed by atoms with van der Waals surface area (Å²) in [5.74, 6) is 1.80. The van der Waals surface area contributed by atoms with Crippen LogP contribution in [0.15, 0.2) is 28.8 Å². The first-order chi connectivity index (χ1) is 10.1. The zero-order chi connectivity index (χ0) is 14.8. The highest BCUT2D eigenvalue weighted by atomic mass is 35.5. The highest BCUT2D eigenvalue weighted by Crippen LogP contribution is 2.22. The van der Waals surface area contributed by atoms with E-state index in [9.17, 15) is 0 Å². The Bertz CT molecular complexity index is 600. The van der Waals surface area contributed by atoms with Crippen molar-refractivity contribution < 1.29 is 4.52 Å². The SMILES string of the molecule is CC(N)C1CCN(Cc2nc(-c3ccc(Cl)cc3)no2)C1.Cl. The smallest absolute Gasteiger partial charge is 0.241 e. The molecule has 2 atom stereocenters.